The molecular formula is C18H20N4O4S. The normalized spacial score (nSPS) is 18.8. The summed E-state index contributed by atoms with van der Waals surface area (Å²) in [5.41, 5.74) is 1.62. The molecule has 27 heavy (non-hydrogen) atoms. The van der Waals surface area contributed by atoms with Crippen LogP contribution in [0, 0.1) is 6.92 Å². The van der Waals surface area contributed by atoms with Crippen molar-refractivity contribution in [1.29, 1.82) is 0 Å². The number of aromatic nitrogens is 3. The molecule has 0 saturated carbocycles. The molecule has 0 bridgehead atoms. The Morgan fingerprint density at radius 2 is 2.11 bits per heavy atom. The molecule has 1 atom stereocenters. The Morgan fingerprint density at radius 3 is 2.89 bits per heavy atom. The molecule has 1 aliphatic rings. The smallest absolute Gasteiger partial charge is 0.246 e. The first-order valence-corrected chi connectivity index (χ1v) is 10.2. The fourth-order valence-electron chi connectivity index (χ4n) is 3.18. The Labute approximate surface area is 157 Å². The topological polar surface area (TPSA) is 98.4 Å². The quantitative estimate of drug-likeness (QED) is 0.676. The zero-order valence-corrected chi connectivity index (χ0v) is 15.9. The van der Waals surface area contributed by atoms with Crippen LogP contribution >= 0.6 is 0 Å². The molecule has 1 aliphatic heterocycles. The van der Waals surface area contributed by atoms with E-state index in [1.165, 1.54) is 4.31 Å². The number of hydrogen-bond donors (Lipinski definition) is 0. The third-order valence-electron chi connectivity index (χ3n) is 4.64. The lowest BCUT2D eigenvalue weighted by molar-refractivity contribution is -0.0177. The third kappa shape index (κ3) is 3.22. The number of rotatable bonds is 4. The van der Waals surface area contributed by atoms with Gasteiger partial charge in [0.25, 0.3) is 0 Å². The highest BCUT2D eigenvalue weighted by Crippen LogP contribution is 2.30. The van der Waals surface area contributed by atoms with Gasteiger partial charge in [0.05, 0.1) is 17.0 Å². The monoisotopic (exact) mass is 388 g/mol. The largest absolute Gasteiger partial charge is 0.422 e. The molecule has 0 spiro atoms. The second kappa shape index (κ2) is 6.99. The van der Waals surface area contributed by atoms with E-state index in [1.807, 2.05) is 13.8 Å². The number of hydrogen-bond acceptors (Lipinski definition) is 7. The van der Waals surface area contributed by atoms with Crippen molar-refractivity contribution in [2.24, 2.45) is 0 Å². The SMILES string of the molecule is CCc1nnc([C@H]2CN(S(=O)(=O)c3ccc(C)c4ncccc34)CCO2)o1. The zero-order chi connectivity index (χ0) is 19.0. The number of benzene rings is 1. The van der Waals surface area contributed by atoms with Gasteiger partial charge in [0.2, 0.25) is 21.8 Å². The summed E-state index contributed by atoms with van der Waals surface area (Å²) in [4.78, 5) is 4.58. The molecular weight excluding hydrogens is 368 g/mol. The van der Waals surface area contributed by atoms with Crippen LogP contribution in [0.4, 0.5) is 0 Å². The van der Waals surface area contributed by atoms with Crippen molar-refractivity contribution in [3.63, 3.8) is 0 Å². The van der Waals surface area contributed by atoms with Crippen molar-refractivity contribution in [2.45, 2.75) is 31.3 Å². The van der Waals surface area contributed by atoms with E-state index in [2.05, 4.69) is 15.2 Å². The molecule has 0 radical (unpaired) electrons. The van der Waals surface area contributed by atoms with Crippen LogP contribution in [0.3, 0.4) is 0 Å². The molecule has 0 N–H and O–H groups in total. The molecule has 0 amide bonds. The van der Waals surface area contributed by atoms with Gasteiger partial charge in [-0.05, 0) is 30.7 Å². The standard InChI is InChI=1S/C18H20N4O4S/c1-3-16-20-21-18(26-16)14-11-22(9-10-25-14)27(23,24)15-7-6-12(2)17-13(15)5-4-8-19-17/h4-8,14H,3,9-11H2,1-2H3/t14-/m1/s1. The van der Waals surface area contributed by atoms with Crippen molar-refractivity contribution in [1.82, 2.24) is 19.5 Å². The second-order valence-corrected chi connectivity index (χ2v) is 8.30. The lowest BCUT2D eigenvalue weighted by atomic mass is 10.1. The summed E-state index contributed by atoms with van der Waals surface area (Å²) >= 11 is 0. The summed E-state index contributed by atoms with van der Waals surface area (Å²) in [6.07, 6.45) is 1.71. The number of nitrogens with zero attached hydrogens (tertiary/aromatic N) is 4. The van der Waals surface area contributed by atoms with Gasteiger partial charge >= 0.3 is 0 Å². The van der Waals surface area contributed by atoms with Gasteiger partial charge in [0.15, 0.2) is 0 Å². The maximum Gasteiger partial charge on any atom is 0.246 e. The second-order valence-electron chi connectivity index (χ2n) is 6.39. The van der Waals surface area contributed by atoms with Gasteiger partial charge in [-0.15, -0.1) is 10.2 Å². The van der Waals surface area contributed by atoms with E-state index in [1.54, 1.807) is 30.5 Å². The van der Waals surface area contributed by atoms with Crippen molar-refractivity contribution >= 4 is 20.9 Å². The Hall–Kier alpha value is -2.36. The van der Waals surface area contributed by atoms with Gasteiger partial charge in [-0.3, -0.25) is 4.98 Å². The van der Waals surface area contributed by atoms with Crippen molar-refractivity contribution in [3.05, 3.63) is 47.8 Å². The van der Waals surface area contributed by atoms with Crippen LogP contribution in [0.5, 0.6) is 0 Å². The predicted octanol–water partition coefficient (Wildman–Crippen LogP) is 2.25. The summed E-state index contributed by atoms with van der Waals surface area (Å²) in [7, 11) is -3.72. The minimum atomic E-state index is -3.72. The molecule has 1 saturated heterocycles. The molecule has 4 rings (SSSR count). The van der Waals surface area contributed by atoms with Crippen LogP contribution in [-0.4, -0.2) is 47.6 Å². The number of pyridine rings is 1. The summed E-state index contributed by atoms with van der Waals surface area (Å²) in [6, 6.07) is 6.95. The van der Waals surface area contributed by atoms with E-state index in [9.17, 15) is 8.42 Å². The number of fused-ring (bicyclic) bond motifs is 1. The first-order chi connectivity index (χ1) is 13.0. The fraction of sp³-hybridized carbons (Fsp3) is 0.389. The van der Waals surface area contributed by atoms with Crippen LogP contribution in [0.25, 0.3) is 10.9 Å². The van der Waals surface area contributed by atoms with Crippen LogP contribution in [-0.2, 0) is 21.2 Å². The predicted molar refractivity (Wildman–Crippen MR) is 97.6 cm³/mol. The van der Waals surface area contributed by atoms with Crippen molar-refractivity contribution < 1.29 is 17.6 Å². The molecule has 1 fully saturated rings. The molecule has 9 heteroatoms. The maximum atomic E-state index is 13.3. The van der Waals surface area contributed by atoms with Gasteiger partial charge in [0.1, 0.15) is 6.10 Å². The Balaban J connectivity index is 1.69. The van der Waals surface area contributed by atoms with Gasteiger partial charge in [-0.25, -0.2) is 8.42 Å². The highest BCUT2D eigenvalue weighted by atomic mass is 32.2. The molecule has 2 aromatic heterocycles. The van der Waals surface area contributed by atoms with E-state index in [4.69, 9.17) is 9.15 Å². The van der Waals surface area contributed by atoms with Gasteiger partial charge < -0.3 is 9.15 Å². The van der Waals surface area contributed by atoms with Gasteiger partial charge in [-0.1, -0.05) is 13.0 Å². The summed E-state index contributed by atoms with van der Waals surface area (Å²) in [6.45, 7) is 4.48. The molecule has 0 unspecified atom stereocenters. The Morgan fingerprint density at radius 1 is 1.26 bits per heavy atom. The van der Waals surface area contributed by atoms with Gasteiger partial charge in [0, 0.05) is 31.1 Å². The molecule has 142 valence electrons. The third-order valence-corrected chi connectivity index (χ3v) is 6.56. The van der Waals surface area contributed by atoms with Gasteiger partial charge in [-0.2, -0.15) is 4.31 Å². The minimum Gasteiger partial charge on any atom is -0.422 e. The van der Waals surface area contributed by atoms with Crippen LogP contribution in [0.15, 0.2) is 39.8 Å². The number of aryl methyl sites for hydroxylation is 2. The summed E-state index contributed by atoms with van der Waals surface area (Å²) in [5.74, 6) is 0.811. The molecule has 8 nitrogen and oxygen atoms in total. The zero-order valence-electron chi connectivity index (χ0n) is 15.1. The van der Waals surface area contributed by atoms with Crippen molar-refractivity contribution in [2.75, 3.05) is 19.7 Å². The summed E-state index contributed by atoms with van der Waals surface area (Å²) < 4.78 is 39.3. The number of ether oxygens (including phenoxy) is 1. The van der Waals surface area contributed by atoms with Crippen molar-refractivity contribution in [3.8, 4) is 0 Å². The Kier molecular flexibility index (Phi) is 4.67. The van der Waals surface area contributed by atoms with E-state index >= 15 is 0 Å². The Bertz CT molecular complexity index is 1080. The highest BCUT2D eigenvalue weighted by molar-refractivity contribution is 7.89. The first-order valence-electron chi connectivity index (χ1n) is 8.79. The van der Waals surface area contributed by atoms with E-state index in [0.717, 1.165) is 5.56 Å². The lowest BCUT2D eigenvalue weighted by Crippen LogP contribution is -2.42. The molecule has 3 aromatic rings. The molecule has 0 aliphatic carbocycles. The highest BCUT2D eigenvalue weighted by Gasteiger charge is 2.34. The first kappa shape index (κ1) is 18.0. The molecule has 1 aromatic carbocycles. The average Bonchev–Trinajstić information content (AvgIpc) is 3.18. The lowest BCUT2D eigenvalue weighted by Gasteiger charge is -2.30. The minimum absolute atomic E-state index is 0.128. The van der Waals surface area contributed by atoms with Crippen LogP contribution in [0.1, 0.15) is 30.4 Å². The van der Waals surface area contributed by atoms with E-state index < -0.39 is 16.1 Å². The fourth-order valence-corrected chi connectivity index (χ4v) is 4.79. The van der Waals surface area contributed by atoms with E-state index in [-0.39, 0.29) is 24.6 Å². The number of morpholine rings is 1. The number of sulfonamides is 1. The molecule has 3 heterocycles. The van der Waals surface area contributed by atoms with Crippen LogP contribution in [0.2, 0.25) is 0 Å². The summed E-state index contributed by atoms with van der Waals surface area (Å²) in [5, 5.41) is 8.54. The maximum absolute atomic E-state index is 13.3. The van der Waals surface area contributed by atoms with E-state index in [0.29, 0.717) is 29.1 Å². The van der Waals surface area contributed by atoms with Crippen LogP contribution < -0.4 is 0 Å². The average molecular weight is 388 g/mol.